The van der Waals surface area contributed by atoms with E-state index >= 15 is 0 Å². The average molecular weight is 400 g/mol. The minimum Gasteiger partial charge on any atom is -0.475 e. The number of ether oxygens (including phenoxy) is 2. The molecule has 1 saturated heterocycles. The quantitative estimate of drug-likeness (QED) is 0.717. The van der Waals surface area contributed by atoms with Gasteiger partial charge < -0.3 is 9.47 Å². The van der Waals surface area contributed by atoms with Crippen molar-refractivity contribution in [2.45, 2.75) is 47.5 Å². The Kier molecular flexibility index (Phi) is 9.95. The van der Waals surface area contributed by atoms with Gasteiger partial charge in [-0.05, 0) is 43.0 Å². The molecule has 4 rings (SSSR count). The zero-order valence-corrected chi connectivity index (χ0v) is 18.8. The Morgan fingerprint density at radius 3 is 2.59 bits per heavy atom. The number of nitrogens with zero attached hydrogens (tertiary/aromatic N) is 3. The van der Waals surface area contributed by atoms with Crippen LogP contribution in [0.4, 0.5) is 0 Å². The number of aromatic nitrogens is 2. The van der Waals surface area contributed by atoms with E-state index in [0.717, 1.165) is 57.1 Å². The van der Waals surface area contributed by atoms with Crippen LogP contribution >= 0.6 is 0 Å². The van der Waals surface area contributed by atoms with Gasteiger partial charge in [0.05, 0.1) is 18.9 Å². The molecule has 0 bridgehead atoms. The number of rotatable bonds is 5. The molecule has 2 aromatic rings. The van der Waals surface area contributed by atoms with E-state index in [1.165, 1.54) is 11.1 Å². The molecule has 0 amide bonds. The summed E-state index contributed by atoms with van der Waals surface area (Å²) in [5, 5.41) is 4.64. The summed E-state index contributed by atoms with van der Waals surface area (Å²) in [6.45, 7) is 15.2. The third-order valence-electron chi connectivity index (χ3n) is 4.88. The third-order valence-corrected chi connectivity index (χ3v) is 4.88. The molecule has 0 saturated carbocycles. The van der Waals surface area contributed by atoms with Crippen molar-refractivity contribution in [3.63, 3.8) is 0 Å². The first-order chi connectivity index (χ1) is 14.3. The standard InChI is InChI=1S/C20H25N3O2.2C2H6/c1-16-14-20(25-13-10-22-8-11-24-12-9-22)21-23(16)19-7-6-17-4-2-3-5-18(17)15-19;2*1-2/h3,5-7,14-15H,2,4,8-13H2,1H3;2*1-2H3. The molecule has 1 fully saturated rings. The number of hydrogen-bond donors (Lipinski definition) is 0. The van der Waals surface area contributed by atoms with Crippen molar-refractivity contribution < 1.29 is 9.47 Å². The van der Waals surface area contributed by atoms with E-state index in [0.29, 0.717) is 12.5 Å². The van der Waals surface area contributed by atoms with Crippen molar-refractivity contribution in [3.05, 3.63) is 47.2 Å². The van der Waals surface area contributed by atoms with Crippen LogP contribution in [0.25, 0.3) is 11.8 Å². The topological polar surface area (TPSA) is 39.5 Å². The molecule has 5 heteroatoms. The van der Waals surface area contributed by atoms with Crippen LogP contribution in [-0.4, -0.2) is 54.1 Å². The van der Waals surface area contributed by atoms with Crippen LogP contribution in [0.2, 0.25) is 0 Å². The smallest absolute Gasteiger partial charge is 0.233 e. The fourth-order valence-electron chi connectivity index (χ4n) is 3.43. The number of hydrogen-bond acceptors (Lipinski definition) is 4. The first-order valence-corrected chi connectivity index (χ1v) is 11.1. The van der Waals surface area contributed by atoms with E-state index in [1.807, 2.05) is 38.4 Å². The fraction of sp³-hybridized carbons (Fsp3) is 0.542. The Bertz CT molecular complexity index is 761. The van der Waals surface area contributed by atoms with Gasteiger partial charge in [-0.3, -0.25) is 4.90 Å². The van der Waals surface area contributed by atoms with Crippen LogP contribution in [0.1, 0.15) is 50.9 Å². The Morgan fingerprint density at radius 2 is 1.83 bits per heavy atom. The molecule has 0 spiro atoms. The normalized spacial score (nSPS) is 15.5. The molecule has 2 heterocycles. The van der Waals surface area contributed by atoms with E-state index < -0.39 is 0 Å². The Balaban J connectivity index is 0.000000707. The summed E-state index contributed by atoms with van der Waals surface area (Å²) in [7, 11) is 0. The van der Waals surface area contributed by atoms with Crippen molar-refractivity contribution in [1.82, 2.24) is 14.7 Å². The number of allylic oxidation sites excluding steroid dienone is 1. The molecule has 1 aromatic heterocycles. The molecule has 0 unspecified atom stereocenters. The molecular weight excluding hydrogens is 362 g/mol. The fourth-order valence-corrected chi connectivity index (χ4v) is 3.43. The molecule has 1 aliphatic carbocycles. The van der Waals surface area contributed by atoms with E-state index in [-0.39, 0.29) is 0 Å². The maximum absolute atomic E-state index is 5.88. The molecule has 0 radical (unpaired) electrons. The Labute approximate surface area is 176 Å². The zero-order valence-electron chi connectivity index (χ0n) is 18.8. The van der Waals surface area contributed by atoms with Crippen LogP contribution in [0.5, 0.6) is 5.88 Å². The summed E-state index contributed by atoms with van der Waals surface area (Å²) >= 11 is 0. The first kappa shape index (κ1) is 23.2. The van der Waals surface area contributed by atoms with E-state index in [1.54, 1.807) is 0 Å². The summed E-state index contributed by atoms with van der Waals surface area (Å²) in [6.07, 6.45) is 6.71. The number of fused-ring (bicyclic) bond motifs is 1. The molecule has 1 aliphatic heterocycles. The van der Waals surface area contributed by atoms with Crippen LogP contribution < -0.4 is 4.74 Å². The molecule has 0 N–H and O–H groups in total. The molecule has 5 nitrogen and oxygen atoms in total. The minimum absolute atomic E-state index is 0.656. The third kappa shape index (κ3) is 6.44. The lowest BCUT2D eigenvalue weighted by Gasteiger charge is -2.26. The summed E-state index contributed by atoms with van der Waals surface area (Å²) < 4.78 is 13.2. The molecule has 2 aliphatic rings. The number of morpholine rings is 1. The van der Waals surface area contributed by atoms with Gasteiger partial charge in [-0.2, -0.15) is 0 Å². The van der Waals surface area contributed by atoms with Gasteiger partial charge in [-0.1, -0.05) is 45.9 Å². The monoisotopic (exact) mass is 399 g/mol. The lowest BCUT2D eigenvalue weighted by molar-refractivity contribution is 0.0320. The number of benzene rings is 1. The summed E-state index contributed by atoms with van der Waals surface area (Å²) in [4.78, 5) is 2.36. The van der Waals surface area contributed by atoms with Gasteiger partial charge in [0.2, 0.25) is 5.88 Å². The molecule has 0 atom stereocenters. The summed E-state index contributed by atoms with van der Waals surface area (Å²) in [5.41, 5.74) is 4.89. The van der Waals surface area contributed by atoms with Crippen LogP contribution in [-0.2, 0) is 11.2 Å². The highest BCUT2D eigenvalue weighted by molar-refractivity contribution is 5.59. The Morgan fingerprint density at radius 1 is 1.07 bits per heavy atom. The highest BCUT2D eigenvalue weighted by atomic mass is 16.5. The Hall–Kier alpha value is -2.11. The van der Waals surface area contributed by atoms with Gasteiger partial charge in [-0.25, -0.2) is 4.68 Å². The second-order valence-corrected chi connectivity index (χ2v) is 6.66. The lowest BCUT2D eigenvalue weighted by Crippen LogP contribution is -2.38. The van der Waals surface area contributed by atoms with Crippen molar-refractivity contribution in [2.24, 2.45) is 0 Å². The first-order valence-electron chi connectivity index (χ1n) is 11.1. The maximum atomic E-state index is 5.88. The minimum atomic E-state index is 0.656. The van der Waals surface area contributed by atoms with Crippen molar-refractivity contribution in [1.29, 1.82) is 0 Å². The summed E-state index contributed by atoms with van der Waals surface area (Å²) in [5.74, 6) is 0.694. The average Bonchev–Trinajstić information content (AvgIpc) is 3.17. The van der Waals surface area contributed by atoms with E-state index in [4.69, 9.17) is 9.47 Å². The predicted molar refractivity (Wildman–Crippen MR) is 121 cm³/mol. The van der Waals surface area contributed by atoms with Crippen LogP contribution in [0.15, 0.2) is 30.3 Å². The molecule has 29 heavy (non-hydrogen) atoms. The van der Waals surface area contributed by atoms with E-state index in [9.17, 15) is 0 Å². The highest BCUT2D eigenvalue weighted by Crippen LogP contribution is 2.24. The van der Waals surface area contributed by atoms with Crippen LogP contribution in [0.3, 0.4) is 0 Å². The van der Waals surface area contributed by atoms with Gasteiger partial charge in [-0.15, -0.1) is 5.10 Å². The molecular formula is C24H37N3O2. The predicted octanol–water partition coefficient (Wildman–Crippen LogP) is 4.90. The largest absolute Gasteiger partial charge is 0.475 e. The SMILES string of the molecule is CC.CC.Cc1cc(OCCN2CCOCC2)nn1-c1ccc2c(c1)C=CCC2. The van der Waals surface area contributed by atoms with E-state index in [2.05, 4.69) is 47.3 Å². The molecule has 160 valence electrons. The maximum Gasteiger partial charge on any atom is 0.233 e. The highest BCUT2D eigenvalue weighted by Gasteiger charge is 2.12. The van der Waals surface area contributed by atoms with Gasteiger partial charge >= 0.3 is 0 Å². The van der Waals surface area contributed by atoms with Crippen molar-refractivity contribution in [2.75, 3.05) is 39.5 Å². The van der Waals surface area contributed by atoms with Gasteiger partial charge in [0.25, 0.3) is 0 Å². The van der Waals surface area contributed by atoms with Crippen molar-refractivity contribution >= 4 is 6.08 Å². The van der Waals surface area contributed by atoms with Crippen molar-refractivity contribution in [3.8, 4) is 11.6 Å². The second kappa shape index (κ2) is 12.5. The van der Waals surface area contributed by atoms with Gasteiger partial charge in [0.15, 0.2) is 0 Å². The van der Waals surface area contributed by atoms with Gasteiger partial charge in [0.1, 0.15) is 6.61 Å². The molecule has 1 aromatic carbocycles. The zero-order chi connectivity index (χ0) is 21.1. The summed E-state index contributed by atoms with van der Waals surface area (Å²) in [6, 6.07) is 8.58. The van der Waals surface area contributed by atoms with Crippen LogP contribution in [0, 0.1) is 6.92 Å². The number of aryl methyl sites for hydroxylation is 2. The van der Waals surface area contributed by atoms with Gasteiger partial charge in [0, 0.05) is 31.4 Å². The lowest BCUT2D eigenvalue weighted by atomic mass is 9.97. The second-order valence-electron chi connectivity index (χ2n) is 6.66.